The molecule has 4 rings (SSSR count). The number of hydrogen-bond donors (Lipinski definition) is 2. The van der Waals surface area contributed by atoms with Gasteiger partial charge in [0.2, 0.25) is 5.91 Å². The quantitative estimate of drug-likeness (QED) is 0.473. The van der Waals surface area contributed by atoms with E-state index in [1.54, 1.807) is 73.7 Å². The lowest BCUT2D eigenvalue weighted by atomic mass is 10.1. The minimum atomic E-state index is -0.745. The van der Waals surface area contributed by atoms with E-state index in [-0.39, 0.29) is 30.9 Å². The SMILES string of the molecule is CCOc1ccc(OCC(=O)Nc2ccc3c(c2)N(CC(=O)Nc2ccccc2)C(=O)C(C)O3)cc1. The molecule has 9 heteroatoms. The number of carbonyl (C=O) groups excluding carboxylic acids is 3. The van der Waals surface area contributed by atoms with Crippen LogP contribution in [-0.4, -0.2) is 43.6 Å². The molecule has 0 aromatic heterocycles. The van der Waals surface area contributed by atoms with Gasteiger partial charge in [0.1, 0.15) is 23.8 Å². The van der Waals surface area contributed by atoms with Crippen LogP contribution in [0.4, 0.5) is 17.1 Å². The van der Waals surface area contributed by atoms with Crippen molar-refractivity contribution in [1.82, 2.24) is 0 Å². The van der Waals surface area contributed by atoms with E-state index in [2.05, 4.69) is 10.6 Å². The Balaban J connectivity index is 1.41. The number of ether oxygens (including phenoxy) is 3. The molecule has 3 aromatic rings. The topological polar surface area (TPSA) is 106 Å². The summed E-state index contributed by atoms with van der Waals surface area (Å²) in [4.78, 5) is 39.3. The summed E-state index contributed by atoms with van der Waals surface area (Å²) in [7, 11) is 0. The second kappa shape index (κ2) is 11.3. The van der Waals surface area contributed by atoms with Crippen molar-refractivity contribution in [2.24, 2.45) is 0 Å². The minimum Gasteiger partial charge on any atom is -0.494 e. The van der Waals surface area contributed by atoms with E-state index in [1.807, 2.05) is 13.0 Å². The van der Waals surface area contributed by atoms with Crippen molar-refractivity contribution in [2.45, 2.75) is 20.0 Å². The maximum atomic E-state index is 12.8. The van der Waals surface area contributed by atoms with Crippen LogP contribution in [0.15, 0.2) is 72.8 Å². The van der Waals surface area contributed by atoms with Crippen molar-refractivity contribution in [1.29, 1.82) is 0 Å². The lowest BCUT2D eigenvalue weighted by Gasteiger charge is -2.33. The molecule has 0 saturated carbocycles. The molecule has 0 aliphatic carbocycles. The summed E-state index contributed by atoms with van der Waals surface area (Å²) < 4.78 is 16.6. The van der Waals surface area contributed by atoms with Gasteiger partial charge in [-0.15, -0.1) is 0 Å². The zero-order valence-corrected chi connectivity index (χ0v) is 20.0. The normalized spacial score (nSPS) is 14.3. The van der Waals surface area contributed by atoms with Crippen LogP contribution >= 0.6 is 0 Å². The summed E-state index contributed by atoms with van der Waals surface area (Å²) in [6.07, 6.45) is -0.745. The van der Waals surface area contributed by atoms with Gasteiger partial charge in [-0.1, -0.05) is 18.2 Å². The number of fused-ring (bicyclic) bond motifs is 1. The summed E-state index contributed by atoms with van der Waals surface area (Å²) in [5.74, 6) is 0.603. The molecule has 1 aliphatic heterocycles. The zero-order valence-electron chi connectivity index (χ0n) is 20.0. The number of amides is 3. The average molecular weight is 490 g/mol. The third kappa shape index (κ3) is 6.12. The van der Waals surface area contributed by atoms with Crippen molar-refractivity contribution in [3.63, 3.8) is 0 Å². The standard InChI is InChI=1S/C27H27N3O6/c1-3-34-21-10-12-22(13-11-21)35-17-26(32)29-20-9-14-24-23(15-20)30(27(33)18(2)36-24)16-25(31)28-19-7-5-4-6-8-19/h4-15,18H,3,16-17H2,1-2H3,(H,28,31)(H,29,32). The van der Waals surface area contributed by atoms with Crippen LogP contribution in [0.1, 0.15) is 13.8 Å². The summed E-state index contributed by atoms with van der Waals surface area (Å²) >= 11 is 0. The highest BCUT2D eigenvalue weighted by atomic mass is 16.5. The highest BCUT2D eigenvalue weighted by Gasteiger charge is 2.33. The predicted molar refractivity (Wildman–Crippen MR) is 136 cm³/mol. The second-order valence-corrected chi connectivity index (χ2v) is 8.02. The maximum absolute atomic E-state index is 12.8. The van der Waals surface area contributed by atoms with Crippen LogP contribution in [0.5, 0.6) is 17.2 Å². The summed E-state index contributed by atoms with van der Waals surface area (Å²) in [5.41, 5.74) is 1.46. The Morgan fingerprint density at radius 3 is 2.25 bits per heavy atom. The lowest BCUT2D eigenvalue weighted by Crippen LogP contribution is -2.47. The van der Waals surface area contributed by atoms with E-state index >= 15 is 0 Å². The van der Waals surface area contributed by atoms with Crippen LogP contribution in [0.25, 0.3) is 0 Å². The summed E-state index contributed by atoms with van der Waals surface area (Å²) in [5, 5.41) is 5.53. The van der Waals surface area contributed by atoms with Gasteiger partial charge in [-0.25, -0.2) is 0 Å². The van der Waals surface area contributed by atoms with Gasteiger partial charge in [0, 0.05) is 11.4 Å². The molecule has 0 spiro atoms. The first-order valence-electron chi connectivity index (χ1n) is 11.6. The van der Waals surface area contributed by atoms with Crippen molar-refractivity contribution in [3.8, 4) is 17.2 Å². The molecule has 1 atom stereocenters. The van der Waals surface area contributed by atoms with Gasteiger partial charge in [-0.2, -0.15) is 0 Å². The number of carbonyl (C=O) groups is 3. The van der Waals surface area contributed by atoms with Crippen molar-refractivity contribution in [2.75, 3.05) is 35.3 Å². The van der Waals surface area contributed by atoms with E-state index in [0.29, 0.717) is 35.2 Å². The third-order valence-corrected chi connectivity index (χ3v) is 5.31. The number of para-hydroxylation sites is 1. The first-order valence-corrected chi connectivity index (χ1v) is 11.6. The number of benzene rings is 3. The number of anilines is 3. The Bertz CT molecular complexity index is 1230. The number of hydrogen-bond acceptors (Lipinski definition) is 6. The summed E-state index contributed by atoms with van der Waals surface area (Å²) in [6.45, 7) is 3.68. The Morgan fingerprint density at radius 2 is 1.56 bits per heavy atom. The Hall–Kier alpha value is -4.53. The van der Waals surface area contributed by atoms with Crippen LogP contribution in [0.3, 0.4) is 0 Å². The largest absolute Gasteiger partial charge is 0.494 e. The van der Waals surface area contributed by atoms with E-state index < -0.39 is 6.10 Å². The first-order chi connectivity index (χ1) is 17.4. The monoisotopic (exact) mass is 489 g/mol. The van der Waals surface area contributed by atoms with Gasteiger partial charge in [0.25, 0.3) is 11.8 Å². The van der Waals surface area contributed by atoms with Gasteiger partial charge < -0.3 is 24.8 Å². The molecule has 0 saturated heterocycles. The van der Waals surface area contributed by atoms with Gasteiger partial charge in [0.05, 0.1) is 12.3 Å². The predicted octanol–water partition coefficient (Wildman–Crippen LogP) is 3.86. The molecule has 9 nitrogen and oxygen atoms in total. The van der Waals surface area contributed by atoms with Crippen molar-refractivity contribution >= 4 is 34.8 Å². The molecule has 2 N–H and O–H groups in total. The maximum Gasteiger partial charge on any atom is 0.268 e. The Kier molecular flexibility index (Phi) is 7.69. The van der Waals surface area contributed by atoms with E-state index in [0.717, 1.165) is 5.75 Å². The fourth-order valence-electron chi connectivity index (χ4n) is 3.66. The zero-order chi connectivity index (χ0) is 25.5. The van der Waals surface area contributed by atoms with E-state index in [4.69, 9.17) is 14.2 Å². The van der Waals surface area contributed by atoms with Crippen molar-refractivity contribution < 1.29 is 28.6 Å². The molecule has 36 heavy (non-hydrogen) atoms. The van der Waals surface area contributed by atoms with Crippen molar-refractivity contribution in [3.05, 3.63) is 72.8 Å². The van der Waals surface area contributed by atoms with Gasteiger partial charge >= 0.3 is 0 Å². The number of nitrogens with zero attached hydrogens (tertiary/aromatic N) is 1. The van der Waals surface area contributed by atoms with Crippen LogP contribution < -0.4 is 29.7 Å². The molecular weight excluding hydrogens is 462 g/mol. The smallest absolute Gasteiger partial charge is 0.268 e. The molecule has 3 aromatic carbocycles. The lowest BCUT2D eigenvalue weighted by molar-refractivity contribution is -0.127. The average Bonchev–Trinajstić information content (AvgIpc) is 2.87. The molecule has 1 unspecified atom stereocenters. The molecule has 1 aliphatic rings. The summed E-state index contributed by atoms with van der Waals surface area (Å²) in [6, 6.07) is 20.9. The fraction of sp³-hybridized carbons (Fsp3) is 0.222. The van der Waals surface area contributed by atoms with Crippen LogP contribution in [-0.2, 0) is 14.4 Å². The van der Waals surface area contributed by atoms with Crippen LogP contribution in [0.2, 0.25) is 0 Å². The fourth-order valence-corrected chi connectivity index (χ4v) is 3.66. The highest BCUT2D eigenvalue weighted by Crippen LogP contribution is 2.36. The Morgan fingerprint density at radius 1 is 0.889 bits per heavy atom. The van der Waals surface area contributed by atoms with Gasteiger partial charge in [0.15, 0.2) is 12.7 Å². The molecule has 1 heterocycles. The minimum absolute atomic E-state index is 0.202. The highest BCUT2D eigenvalue weighted by molar-refractivity contribution is 6.06. The molecular formula is C27H27N3O6. The molecule has 3 amide bonds. The first kappa shape index (κ1) is 24.6. The third-order valence-electron chi connectivity index (χ3n) is 5.31. The molecule has 0 bridgehead atoms. The number of rotatable bonds is 9. The van der Waals surface area contributed by atoms with E-state index in [9.17, 15) is 14.4 Å². The van der Waals surface area contributed by atoms with Gasteiger partial charge in [-0.3, -0.25) is 19.3 Å². The second-order valence-electron chi connectivity index (χ2n) is 8.02. The molecule has 186 valence electrons. The number of nitrogens with one attached hydrogen (secondary N) is 2. The van der Waals surface area contributed by atoms with Gasteiger partial charge in [-0.05, 0) is 68.4 Å². The molecule has 0 radical (unpaired) electrons. The Labute approximate surface area is 209 Å². The van der Waals surface area contributed by atoms with E-state index in [1.165, 1.54) is 4.90 Å². The van der Waals surface area contributed by atoms with Crippen LogP contribution in [0, 0.1) is 0 Å². The molecule has 0 fully saturated rings.